The molecule has 1 amide bonds. The van der Waals surface area contributed by atoms with Crippen LogP contribution in [0.3, 0.4) is 0 Å². The molecule has 35 heavy (non-hydrogen) atoms. The van der Waals surface area contributed by atoms with Crippen molar-refractivity contribution in [3.05, 3.63) is 65.5 Å². The van der Waals surface area contributed by atoms with Crippen LogP contribution in [0.4, 0.5) is 9.18 Å². The largest absolute Gasteiger partial charge is 0.496 e. The molecule has 0 bridgehead atoms. The van der Waals surface area contributed by atoms with Crippen molar-refractivity contribution < 1.29 is 28.6 Å². The van der Waals surface area contributed by atoms with E-state index in [0.717, 1.165) is 5.56 Å². The average Bonchev–Trinajstić information content (AvgIpc) is 3.14. The van der Waals surface area contributed by atoms with Crippen molar-refractivity contribution in [1.29, 1.82) is 0 Å². The van der Waals surface area contributed by atoms with Crippen LogP contribution >= 0.6 is 0 Å². The van der Waals surface area contributed by atoms with Crippen molar-refractivity contribution in [2.75, 3.05) is 7.11 Å². The van der Waals surface area contributed by atoms with Gasteiger partial charge < -0.3 is 19.9 Å². The summed E-state index contributed by atoms with van der Waals surface area (Å²) in [7, 11) is 1.52. The Morgan fingerprint density at radius 3 is 2.34 bits per heavy atom. The van der Waals surface area contributed by atoms with Gasteiger partial charge in [-0.1, -0.05) is 51.1 Å². The normalized spacial score (nSPS) is 22.3. The second kappa shape index (κ2) is 10.6. The average molecular weight is 487 g/mol. The molecule has 0 radical (unpaired) electrons. The standard InChI is InChI=1S/C27H35FN2O5/c1-16(2)35-26(33)30-23(17-10-8-7-9-11-17)22(21(27(3,4)5)24(30)25(31)32)29-15-18-14-19(28)12-13-20(18)34-6/h7-14,16,21-24,29H,15H2,1-6H3,(H,31,32). The Labute approximate surface area is 206 Å². The molecule has 2 N–H and O–H groups in total. The van der Waals surface area contributed by atoms with E-state index in [0.29, 0.717) is 11.3 Å². The predicted molar refractivity (Wildman–Crippen MR) is 131 cm³/mol. The number of benzene rings is 2. The monoisotopic (exact) mass is 486 g/mol. The van der Waals surface area contributed by atoms with E-state index in [-0.39, 0.29) is 6.54 Å². The molecule has 2 aromatic carbocycles. The van der Waals surface area contributed by atoms with Gasteiger partial charge >= 0.3 is 12.1 Å². The Morgan fingerprint density at radius 2 is 1.80 bits per heavy atom. The van der Waals surface area contributed by atoms with E-state index >= 15 is 0 Å². The van der Waals surface area contributed by atoms with Crippen molar-refractivity contribution >= 4 is 12.1 Å². The maximum Gasteiger partial charge on any atom is 0.411 e. The molecule has 1 aliphatic rings. The molecule has 7 nitrogen and oxygen atoms in total. The smallest absolute Gasteiger partial charge is 0.411 e. The lowest BCUT2D eigenvalue weighted by Gasteiger charge is -2.35. The van der Waals surface area contributed by atoms with Crippen molar-refractivity contribution in [2.45, 2.75) is 65.4 Å². The molecular formula is C27H35FN2O5. The van der Waals surface area contributed by atoms with Gasteiger partial charge in [0.1, 0.15) is 17.6 Å². The van der Waals surface area contributed by atoms with Gasteiger partial charge in [-0.3, -0.25) is 4.90 Å². The number of likely N-dealkylation sites (tertiary alicyclic amines) is 1. The van der Waals surface area contributed by atoms with Gasteiger partial charge in [-0.15, -0.1) is 0 Å². The van der Waals surface area contributed by atoms with Gasteiger partial charge in [0.25, 0.3) is 0 Å². The molecule has 0 aromatic heterocycles. The molecule has 4 atom stereocenters. The molecule has 2 aromatic rings. The van der Waals surface area contributed by atoms with Crippen LogP contribution in [0.2, 0.25) is 0 Å². The molecule has 0 spiro atoms. The molecule has 3 rings (SSSR count). The molecule has 4 unspecified atom stereocenters. The number of nitrogens with one attached hydrogen (secondary N) is 1. The third-order valence-corrected chi connectivity index (χ3v) is 6.38. The number of aliphatic carboxylic acids is 1. The summed E-state index contributed by atoms with van der Waals surface area (Å²) in [6.45, 7) is 9.57. The Balaban J connectivity index is 2.13. The minimum Gasteiger partial charge on any atom is -0.496 e. The number of carboxylic acids is 1. The highest BCUT2D eigenvalue weighted by Gasteiger charge is 2.58. The van der Waals surface area contributed by atoms with E-state index in [1.807, 2.05) is 51.1 Å². The minimum absolute atomic E-state index is 0.223. The highest BCUT2D eigenvalue weighted by molar-refractivity contribution is 5.82. The summed E-state index contributed by atoms with van der Waals surface area (Å²) in [5.41, 5.74) is 0.893. The quantitative estimate of drug-likeness (QED) is 0.572. The molecule has 1 heterocycles. The number of carboxylic acid groups (broad SMARTS) is 1. The first-order valence-electron chi connectivity index (χ1n) is 11.8. The molecule has 1 saturated heterocycles. The predicted octanol–water partition coefficient (Wildman–Crippen LogP) is 5.01. The molecule has 8 heteroatoms. The van der Waals surface area contributed by atoms with Gasteiger partial charge in [0.05, 0.1) is 19.3 Å². The zero-order valence-corrected chi connectivity index (χ0v) is 21.1. The van der Waals surface area contributed by atoms with Crippen LogP contribution < -0.4 is 10.1 Å². The van der Waals surface area contributed by atoms with E-state index in [1.165, 1.54) is 24.1 Å². The van der Waals surface area contributed by atoms with Gasteiger partial charge in [0.2, 0.25) is 0 Å². The Hall–Kier alpha value is -3.13. The molecule has 0 saturated carbocycles. The Morgan fingerprint density at radius 1 is 1.14 bits per heavy atom. The van der Waals surface area contributed by atoms with Gasteiger partial charge in [-0.2, -0.15) is 0 Å². The van der Waals surface area contributed by atoms with E-state index in [1.54, 1.807) is 19.9 Å². The second-order valence-electron chi connectivity index (χ2n) is 10.2. The minimum atomic E-state index is -1.13. The first kappa shape index (κ1) is 26.5. The van der Waals surface area contributed by atoms with E-state index in [2.05, 4.69) is 5.32 Å². The number of halogens is 1. The van der Waals surface area contributed by atoms with Crippen LogP contribution in [0.1, 0.15) is 51.8 Å². The maximum atomic E-state index is 14.0. The van der Waals surface area contributed by atoms with Crippen LogP contribution in [0.15, 0.2) is 48.5 Å². The number of carbonyl (C=O) groups is 2. The van der Waals surface area contributed by atoms with E-state index in [9.17, 15) is 19.1 Å². The molecular weight excluding hydrogens is 451 g/mol. The highest BCUT2D eigenvalue weighted by atomic mass is 19.1. The molecule has 1 fully saturated rings. The zero-order valence-electron chi connectivity index (χ0n) is 21.1. The number of carbonyl (C=O) groups excluding carboxylic acids is 1. The van der Waals surface area contributed by atoms with Crippen LogP contribution in [0.5, 0.6) is 5.75 Å². The lowest BCUT2D eigenvalue weighted by molar-refractivity contribution is -0.144. The first-order chi connectivity index (χ1) is 16.5. The van der Waals surface area contributed by atoms with Crippen molar-refractivity contribution in [1.82, 2.24) is 10.2 Å². The number of nitrogens with zero attached hydrogens (tertiary/aromatic N) is 1. The molecule has 0 aliphatic carbocycles. The zero-order chi connectivity index (χ0) is 25.9. The summed E-state index contributed by atoms with van der Waals surface area (Å²) in [5, 5.41) is 13.8. The van der Waals surface area contributed by atoms with Crippen LogP contribution in [-0.4, -0.2) is 47.4 Å². The first-order valence-corrected chi connectivity index (χ1v) is 11.8. The fourth-order valence-corrected chi connectivity index (χ4v) is 5.06. The number of methoxy groups -OCH3 is 1. The summed E-state index contributed by atoms with van der Waals surface area (Å²) in [4.78, 5) is 27.3. The summed E-state index contributed by atoms with van der Waals surface area (Å²) in [6, 6.07) is 11.4. The van der Waals surface area contributed by atoms with Gasteiger partial charge in [0, 0.05) is 24.1 Å². The third-order valence-electron chi connectivity index (χ3n) is 6.38. The Bertz CT molecular complexity index is 1040. The fraction of sp³-hybridized carbons (Fsp3) is 0.481. The fourth-order valence-electron chi connectivity index (χ4n) is 5.06. The lowest BCUT2D eigenvalue weighted by Crippen LogP contribution is -2.48. The summed E-state index contributed by atoms with van der Waals surface area (Å²) in [5.74, 6) is -1.46. The highest BCUT2D eigenvalue weighted by Crippen LogP contribution is 2.48. The molecule has 190 valence electrons. The van der Waals surface area contributed by atoms with Crippen molar-refractivity contribution in [3.63, 3.8) is 0 Å². The Kier molecular flexibility index (Phi) is 8.05. The third kappa shape index (κ3) is 5.75. The number of hydrogen-bond donors (Lipinski definition) is 2. The summed E-state index contributed by atoms with van der Waals surface area (Å²) in [6.07, 6.45) is -1.09. The van der Waals surface area contributed by atoms with Crippen LogP contribution in [0, 0.1) is 17.2 Å². The van der Waals surface area contributed by atoms with Crippen LogP contribution in [-0.2, 0) is 16.1 Å². The van der Waals surface area contributed by atoms with Crippen molar-refractivity contribution in [3.8, 4) is 5.75 Å². The summed E-state index contributed by atoms with van der Waals surface area (Å²) < 4.78 is 24.9. The summed E-state index contributed by atoms with van der Waals surface area (Å²) >= 11 is 0. The number of ether oxygens (including phenoxy) is 2. The second-order valence-corrected chi connectivity index (χ2v) is 10.2. The van der Waals surface area contributed by atoms with Gasteiger partial charge in [-0.25, -0.2) is 14.0 Å². The lowest BCUT2D eigenvalue weighted by atomic mass is 9.72. The van der Waals surface area contributed by atoms with Gasteiger partial charge in [0.15, 0.2) is 0 Å². The SMILES string of the molecule is COc1ccc(F)cc1CNC1C(c2ccccc2)N(C(=O)OC(C)C)C(C(=O)O)C1C(C)(C)C. The number of rotatable bonds is 7. The number of hydrogen-bond acceptors (Lipinski definition) is 5. The van der Waals surface area contributed by atoms with Gasteiger partial charge in [-0.05, 0) is 43.0 Å². The number of amides is 1. The topological polar surface area (TPSA) is 88.1 Å². The maximum absolute atomic E-state index is 14.0. The molecule has 1 aliphatic heterocycles. The van der Waals surface area contributed by atoms with E-state index in [4.69, 9.17) is 9.47 Å². The van der Waals surface area contributed by atoms with Crippen molar-refractivity contribution in [2.24, 2.45) is 11.3 Å². The van der Waals surface area contributed by atoms with E-state index < -0.39 is 53.4 Å². The van der Waals surface area contributed by atoms with Crippen LogP contribution in [0.25, 0.3) is 0 Å².